The number of hydrogen-bond donors (Lipinski definition) is 0. The topological polar surface area (TPSA) is 56.1 Å². The Balaban J connectivity index is 1.67. The molecule has 10 heteroatoms. The van der Waals surface area contributed by atoms with Crippen molar-refractivity contribution in [2.45, 2.75) is 10.9 Å². The van der Waals surface area contributed by atoms with Gasteiger partial charge in [-0.1, -0.05) is 29.4 Å². The number of aromatic nitrogens is 4. The van der Waals surface area contributed by atoms with E-state index >= 15 is 0 Å². The lowest BCUT2D eigenvalue weighted by molar-refractivity contribution is 0.122. The number of thioether (sulfide) groups is 1. The molecule has 3 aromatic rings. The lowest BCUT2D eigenvalue weighted by Gasteiger charge is -2.27. The van der Waals surface area contributed by atoms with E-state index in [0.29, 0.717) is 40.2 Å². The van der Waals surface area contributed by atoms with Crippen molar-refractivity contribution < 1.29 is 9.13 Å². The highest BCUT2D eigenvalue weighted by molar-refractivity contribution is 7.98. The van der Waals surface area contributed by atoms with E-state index < -0.39 is 0 Å². The van der Waals surface area contributed by atoms with Crippen LogP contribution in [0.5, 0.6) is 0 Å². The van der Waals surface area contributed by atoms with Crippen molar-refractivity contribution in [2.75, 3.05) is 31.2 Å². The molecular formula is C16H15ClFN5OS2. The van der Waals surface area contributed by atoms with Crippen LogP contribution in [0.1, 0.15) is 4.88 Å². The number of hydrogen-bond acceptors (Lipinski definition) is 7. The van der Waals surface area contributed by atoms with E-state index in [1.165, 1.54) is 35.2 Å². The van der Waals surface area contributed by atoms with Crippen LogP contribution in [0.15, 0.2) is 35.6 Å². The molecule has 0 bridgehead atoms. The molecule has 0 radical (unpaired) electrons. The SMILES string of the molecule is Fc1cccc(-n2c(SCc3cnc(Cl)s3)nnc2N2CCOCC2)c1. The minimum absolute atomic E-state index is 0.297. The van der Waals surface area contributed by atoms with E-state index in [1.54, 1.807) is 12.3 Å². The molecular weight excluding hydrogens is 397 g/mol. The largest absolute Gasteiger partial charge is 0.378 e. The third-order valence-electron chi connectivity index (χ3n) is 3.85. The molecule has 26 heavy (non-hydrogen) atoms. The summed E-state index contributed by atoms with van der Waals surface area (Å²) >= 11 is 8.85. The minimum atomic E-state index is -0.297. The van der Waals surface area contributed by atoms with E-state index in [4.69, 9.17) is 16.3 Å². The van der Waals surface area contributed by atoms with E-state index in [9.17, 15) is 4.39 Å². The molecule has 1 aliphatic rings. The molecule has 0 amide bonds. The van der Waals surface area contributed by atoms with Crippen molar-refractivity contribution in [3.8, 4) is 5.69 Å². The van der Waals surface area contributed by atoms with Crippen molar-refractivity contribution in [1.82, 2.24) is 19.7 Å². The summed E-state index contributed by atoms with van der Waals surface area (Å²) in [6.07, 6.45) is 1.76. The van der Waals surface area contributed by atoms with Crippen LogP contribution in [0.2, 0.25) is 4.47 Å². The first-order chi connectivity index (χ1) is 12.7. The zero-order chi connectivity index (χ0) is 17.9. The van der Waals surface area contributed by atoms with Crippen molar-refractivity contribution in [2.24, 2.45) is 0 Å². The number of morpholine rings is 1. The summed E-state index contributed by atoms with van der Waals surface area (Å²) in [7, 11) is 0. The molecule has 3 heterocycles. The maximum Gasteiger partial charge on any atom is 0.232 e. The van der Waals surface area contributed by atoms with Crippen LogP contribution < -0.4 is 4.90 Å². The van der Waals surface area contributed by atoms with Gasteiger partial charge >= 0.3 is 0 Å². The number of rotatable bonds is 5. The van der Waals surface area contributed by atoms with Crippen molar-refractivity contribution >= 4 is 40.6 Å². The predicted molar refractivity (Wildman–Crippen MR) is 101 cm³/mol. The van der Waals surface area contributed by atoms with Crippen molar-refractivity contribution in [1.29, 1.82) is 0 Å². The molecule has 1 saturated heterocycles. The molecule has 1 aromatic carbocycles. The molecule has 4 rings (SSSR count). The molecule has 0 unspecified atom stereocenters. The van der Waals surface area contributed by atoms with E-state index in [2.05, 4.69) is 20.1 Å². The predicted octanol–water partition coefficient (Wildman–Crippen LogP) is 3.65. The first-order valence-electron chi connectivity index (χ1n) is 7.98. The smallest absolute Gasteiger partial charge is 0.232 e. The number of ether oxygens (including phenoxy) is 1. The second-order valence-electron chi connectivity index (χ2n) is 5.57. The van der Waals surface area contributed by atoms with Crippen LogP contribution in [-0.4, -0.2) is 46.1 Å². The summed E-state index contributed by atoms with van der Waals surface area (Å²) in [5, 5.41) is 9.40. The molecule has 0 spiro atoms. The van der Waals surface area contributed by atoms with Gasteiger partial charge in [-0.2, -0.15) is 0 Å². The van der Waals surface area contributed by atoms with E-state index in [1.807, 2.05) is 10.6 Å². The maximum absolute atomic E-state index is 13.8. The van der Waals surface area contributed by atoms with Gasteiger partial charge in [-0.3, -0.25) is 4.57 Å². The molecule has 0 saturated carbocycles. The number of thiazole rings is 1. The molecule has 0 N–H and O–H groups in total. The zero-order valence-electron chi connectivity index (χ0n) is 13.6. The summed E-state index contributed by atoms with van der Waals surface area (Å²) in [6, 6.07) is 6.45. The Hall–Kier alpha value is -1.68. The van der Waals surface area contributed by atoms with Gasteiger partial charge in [0.25, 0.3) is 0 Å². The number of benzene rings is 1. The van der Waals surface area contributed by atoms with Gasteiger partial charge < -0.3 is 9.64 Å². The summed E-state index contributed by atoms with van der Waals surface area (Å²) in [5.74, 6) is 1.07. The molecule has 1 fully saturated rings. The molecule has 2 aromatic heterocycles. The Kier molecular flexibility index (Phi) is 5.39. The highest BCUT2D eigenvalue weighted by Gasteiger charge is 2.22. The van der Waals surface area contributed by atoms with Crippen molar-refractivity contribution in [3.63, 3.8) is 0 Å². The van der Waals surface area contributed by atoms with Gasteiger partial charge in [0.15, 0.2) is 9.62 Å². The Labute approximate surface area is 163 Å². The Morgan fingerprint density at radius 2 is 2.12 bits per heavy atom. The normalized spacial score (nSPS) is 14.8. The van der Waals surface area contributed by atoms with E-state index in [-0.39, 0.29) is 5.82 Å². The standard InChI is InChI=1S/C16H15ClFN5OS2/c17-14-19-9-13(26-14)10-25-16-21-20-15(22-4-6-24-7-5-22)23(16)12-3-1-2-11(18)8-12/h1-3,8-9H,4-7,10H2. The summed E-state index contributed by atoms with van der Waals surface area (Å²) in [6.45, 7) is 2.72. The van der Waals surface area contributed by atoms with E-state index in [0.717, 1.165) is 18.0 Å². The summed E-state index contributed by atoms with van der Waals surface area (Å²) in [4.78, 5) is 7.21. The number of halogens is 2. The van der Waals surface area contributed by atoms with Gasteiger partial charge in [-0.05, 0) is 18.2 Å². The van der Waals surface area contributed by atoms with Gasteiger partial charge in [0.2, 0.25) is 5.95 Å². The molecule has 0 atom stereocenters. The van der Waals surface area contributed by atoms with Gasteiger partial charge in [-0.15, -0.1) is 21.5 Å². The first-order valence-corrected chi connectivity index (χ1v) is 10.2. The second kappa shape index (κ2) is 7.91. The van der Waals surface area contributed by atoms with Crippen LogP contribution in [0.4, 0.5) is 10.3 Å². The summed E-state index contributed by atoms with van der Waals surface area (Å²) in [5.41, 5.74) is 0.696. The van der Waals surface area contributed by atoms with Gasteiger partial charge in [0.1, 0.15) is 5.82 Å². The maximum atomic E-state index is 13.8. The Bertz CT molecular complexity index is 896. The number of nitrogens with zero attached hydrogens (tertiary/aromatic N) is 5. The van der Waals surface area contributed by atoms with Crippen LogP contribution in [0.3, 0.4) is 0 Å². The van der Waals surface area contributed by atoms with Crippen LogP contribution in [0, 0.1) is 5.82 Å². The van der Waals surface area contributed by atoms with Gasteiger partial charge in [-0.25, -0.2) is 9.37 Å². The zero-order valence-corrected chi connectivity index (χ0v) is 16.0. The molecule has 1 aliphatic heterocycles. The Morgan fingerprint density at radius 3 is 2.85 bits per heavy atom. The summed E-state index contributed by atoms with van der Waals surface area (Å²) < 4.78 is 21.6. The molecule has 136 valence electrons. The highest BCUT2D eigenvalue weighted by atomic mass is 35.5. The van der Waals surface area contributed by atoms with Crippen molar-refractivity contribution in [3.05, 3.63) is 45.6 Å². The fourth-order valence-electron chi connectivity index (χ4n) is 2.65. The number of anilines is 1. The monoisotopic (exact) mass is 411 g/mol. The van der Waals surface area contributed by atoms with Gasteiger partial charge in [0.05, 0.1) is 18.9 Å². The average molecular weight is 412 g/mol. The van der Waals surface area contributed by atoms with Crippen LogP contribution >= 0.6 is 34.7 Å². The second-order valence-corrected chi connectivity index (χ2v) is 8.21. The first kappa shape index (κ1) is 17.7. The molecule has 0 aliphatic carbocycles. The minimum Gasteiger partial charge on any atom is -0.378 e. The fraction of sp³-hybridized carbons (Fsp3) is 0.312. The van der Waals surface area contributed by atoms with Crippen LogP contribution in [0.25, 0.3) is 5.69 Å². The fourth-order valence-corrected chi connectivity index (χ4v) is 4.60. The molecule has 6 nitrogen and oxygen atoms in total. The lowest BCUT2D eigenvalue weighted by Crippen LogP contribution is -2.37. The Morgan fingerprint density at radius 1 is 1.27 bits per heavy atom. The van der Waals surface area contributed by atoms with Gasteiger partial charge in [0, 0.05) is 29.9 Å². The van der Waals surface area contributed by atoms with Crippen LogP contribution in [-0.2, 0) is 10.5 Å². The quantitative estimate of drug-likeness (QED) is 0.597. The third-order valence-corrected chi connectivity index (χ3v) is 6.12. The third kappa shape index (κ3) is 3.85. The highest BCUT2D eigenvalue weighted by Crippen LogP contribution is 2.31. The lowest BCUT2D eigenvalue weighted by atomic mass is 10.3. The average Bonchev–Trinajstić information content (AvgIpc) is 3.26.